The fourth-order valence-corrected chi connectivity index (χ4v) is 3.35. The van der Waals surface area contributed by atoms with Gasteiger partial charge in [0.15, 0.2) is 0 Å². The average Bonchev–Trinajstić information content (AvgIpc) is 3.42. The van der Waals surface area contributed by atoms with Crippen molar-refractivity contribution in [3.05, 3.63) is 49.7 Å². The van der Waals surface area contributed by atoms with E-state index in [2.05, 4.69) is 21.8 Å². The second kappa shape index (κ2) is 8.62. The van der Waals surface area contributed by atoms with E-state index < -0.39 is 0 Å². The van der Waals surface area contributed by atoms with Gasteiger partial charge in [-0.15, -0.1) is 0 Å². The zero-order valence-corrected chi connectivity index (χ0v) is 16.0. The van der Waals surface area contributed by atoms with Crippen LogP contribution in [0.25, 0.3) is 16.8 Å². The van der Waals surface area contributed by atoms with Gasteiger partial charge in [0.2, 0.25) is 5.91 Å². The van der Waals surface area contributed by atoms with E-state index in [-0.39, 0.29) is 5.91 Å². The molecule has 7 nitrogen and oxygen atoms in total. The predicted molar refractivity (Wildman–Crippen MR) is 105 cm³/mol. The fraction of sp³-hybridized carbons (Fsp3) is 0.400. The molecule has 1 aliphatic rings. The highest BCUT2D eigenvalue weighted by Gasteiger charge is 2.17. The molecule has 4 rings (SSSR count). The third-order valence-electron chi connectivity index (χ3n) is 4.84. The van der Waals surface area contributed by atoms with E-state index in [0.717, 1.165) is 29.2 Å². The lowest BCUT2D eigenvalue weighted by Crippen LogP contribution is -2.29. The molecule has 1 aliphatic carbocycles. The van der Waals surface area contributed by atoms with Crippen molar-refractivity contribution >= 4 is 11.4 Å². The van der Waals surface area contributed by atoms with Crippen LogP contribution >= 0.6 is 0 Å². The van der Waals surface area contributed by atoms with Gasteiger partial charge in [0.05, 0.1) is 36.0 Å². The third-order valence-corrected chi connectivity index (χ3v) is 4.84. The quantitative estimate of drug-likeness (QED) is 0.666. The molecule has 0 spiro atoms. The molecular formula is C20H26N6O. The SMILES string of the molecule is C=CC(=O)N(C)CC1CCCC1.Cn1cc(-c2cn3nccc3cn2)cn1. The molecule has 7 heteroatoms. The normalized spacial score (nSPS) is 14.0. The van der Waals surface area contributed by atoms with Crippen molar-refractivity contribution in [2.24, 2.45) is 13.0 Å². The number of carbonyl (C=O) groups excluding carboxylic acids is 1. The van der Waals surface area contributed by atoms with Crippen molar-refractivity contribution in [2.75, 3.05) is 13.6 Å². The number of nitrogens with zero attached hydrogens (tertiary/aromatic N) is 6. The highest BCUT2D eigenvalue weighted by Crippen LogP contribution is 2.25. The number of fused-ring (bicyclic) bond motifs is 1. The molecule has 0 N–H and O–H groups in total. The molecule has 142 valence electrons. The van der Waals surface area contributed by atoms with Crippen LogP contribution in [0.3, 0.4) is 0 Å². The van der Waals surface area contributed by atoms with Crippen LogP contribution in [0.15, 0.2) is 49.7 Å². The summed E-state index contributed by atoms with van der Waals surface area (Å²) in [5.41, 5.74) is 2.86. The molecule has 3 heterocycles. The van der Waals surface area contributed by atoms with Gasteiger partial charge in [0, 0.05) is 32.4 Å². The first-order valence-electron chi connectivity index (χ1n) is 9.22. The number of aromatic nitrogens is 5. The van der Waals surface area contributed by atoms with Gasteiger partial charge in [-0.1, -0.05) is 19.4 Å². The molecule has 0 saturated heterocycles. The van der Waals surface area contributed by atoms with Gasteiger partial charge in [-0.25, -0.2) is 4.52 Å². The van der Waals surface area contributed by atoms with Crippen molar-refractivity contribution in [2.45, 2.75) is 25.7 Å². The van der Waals surface area contributed by atoms with Crippen molar-refractivity contribution in [3.8, 4) is 11.3 Å². The fourth-order valence-electron chi connectivity index (χ4n) is 3.35. The van der Waals surface area contributed by atoms with Crippen molar-refractivity contribution in [1.82, 2.24) is 29.3 Å². The van der Waals surface area contributed by atoms with Crippen LogP contribution in [0.5, 0.6) is 0 Å². The van der Waals surface area contributed by atoms with E-state index in [1.165, 1.54) is 31.8 Å². The molecule has 0 atom stereocenters. The molecule has 0 aliphatic heterocycles. The minimum absolute atomic E-state index is 0.0434. The standard InChI is InChI=1S/C10H9N5.C10H17NO/c1-14-6-8(4-13-14)10-7-15-9(5-11-10)2-3-12-15;1-3-10(12)11(2)8-9-6-4-5-7-9/h2-7H,1H3;3,9H,1,4-8H2,2H3. The number of aryl methyl sites for hydroxylation is 1. The Balaban J connectivity index is 0.000000161. The largest absolute Gasteiger partial charge is 0.342 e. The summed E-state index contributed by atoms with van der Waals surface area (Å²) in [5, 5.41) is 8.27. The van der Waals surface area contributed by atoms with Gasteiger partial charge in [-0.3, -0.25) is 14.5 Å². The summed E-state index contributed by atoms with van der Waals surface area (Å²) in [5.74, 6) is 0.779. The Morgan fingerprint density at radius 3 is 2.74 bits per heavy atom. The average molecular weight is 366 g/mol. The first-order valence-corrected chi connectivity index (χ1v) is 9.22. The van der Waals surface area contributed by atoms with Crippen LogP contribution < -0.4 is 0 Å². The van der Waals surface area contributed by atoms with Crippen molar-refractivity contribution in [1.29, 1.82) is 0 Å². The first-order chi connectivity index (χ1) is 13.1. The second-order valence-electron chi connectivity index (χ2n) is 6.95. The summed E-state index contributed by atoms with van der Waals surface area (Å²) < 4.78 is 3.56. The smallest absolute Gasteiger partial charge is 0.245 e. The van der Waals surface area contributed by atoms with Gasteiger partial charge in [0.25, 0.3) is 0 Å². The van der Waals surface area contributed by atoms with Gasteiger partial charge in [0.1, 0.15) is 0 Å². The third kappa shape index (κ3) is 4.81. The Hall–Kier alpha value is -2.96. The lowest BCUT2D eigenvalue weighted by molar-refractivity contribution is -0.125. The van der Waals surface area contributed by atoms with Crippen LogP contribution in [-0.4, -0.2) is 48.8 Å². The highest BCUT2D eigenvalue weighted by molar-refractivity contribution is 5.86. The molecule has 3 aromatic heterocycles. The summed E-state index contributed by atoms with van der Waals surface area (Å²) in [6.07, 6.45) is 15.8. The van der Waals surface area contributed by atoms with E-state index in [4.69, 9.17) is 0 Å². The molecule has 1 fully saturated rings. The summed E-state index contributed by atoms with van der Waals surface area (Å²) in [4.78, 5) is 17.2. The van der Waals surface area contributed by atoms with Crippen molar-refractivity contribution in [3.63, 3.8) is 0 Å². The Morgan fingerprint density at radius 2 is 2.07 bits per heavy atom. The van der Waals surface area contributed by atoms with Gasteiger partial charge in [-0.2, -0.15) is 10.2 Å². The van der Waals surface area contributed by atoms with E-state index in [0.29, 0.717) is 0 Å². The predicted octanol–water partition coefficient (Wildman–Crippen LogP) is 2.95. The monoisotopic (exact) mass is 366 g/mol. The zero-order valence-electron chi connectivity index (χ0n) is 16.0. The van der Waals surface area contributed by atoms with E-state index in [1.807, 2.05) is 32.6 Å². The van der Waals surface area contributed by atoms with Crippen LogP contribution in [0, 0.1) is 5.92 Å². The van der Waals surface area contributed by atoms with Gasteiger partial charge < -0.3 is 4.90 Å². The molecular weight excluding hydrogens is 340 g/mol. The van der Waals surface area contributed by atoms with Crippen LogP contribution in [0.4, 0.5) is 0 Å². The zero-order chi connectivity index (χ0) is 19.2. The summed E-state index contributed by atoms with van der Waals surface area (Å²) >= 11 is 0. The molecule has 0 bridgehead atoms. The molecule has 0 radical (unpaired) electrons. The lowest BCUT2D eigenvalue weighted by Gasteiger charge is -2.19. The molecule has 3 aromatic rings. The molecule has 0 aromatic carbocycles. The maximum absolute atomic E-state index is 11.1. The number of likely N-dealkylation sites (N-methyl/N-ethyl adjacent to an activating group) is 1. The van der Waals surface area contributed by atoms with Crippen molar-refractivity contribution < 1.29 is 4.79 Å². The van der Waals surface area contributed by atoms with Crippen LogP contribution in [-0.2, 0) is 11.8 Å². The maximum Gasteiger partial charge on any atom is 0.245 e. The number of hydrogen-bond acceptors (Lipinski definition) is 4. The maximum atomic E-state index is 11.1. The second-order valence-corrected chi connectivity index (χ2v) is 6.95. The number of amides is 1. The van der Waals surface area contributed by atoms with E-state index in [1.54, 1.807) is 32.7 Å². The van der Waals surface area contributed by atoms with Crippen LogP contribution in [0.1, 0.15) is 25.7 Å². The number of carbonyl (C=O) groups is 1. The summed E-state index contributed by atoms with van der Waals surface area (Å²) in [6, 6.07) is 1.92. The minimum Gasteiger partial charge on any atom is -0.342 e. The molecule has 1 saturated carbocycles. The van der Waals surface area contributed by atoms with Gasteiger partial charge >= 0.3 is 0 Å². The summed E-state index contributed by atoms with van der Waals surface area (Å²) in [7, 11) is 3.73. The molecule has 27 heavy (non-hydrogen) atoms. The molecule has 1 amide bonds. The highest BCUT2D eigenvalue weighted by atomic mass is 16.2. The number of rotatable bonds is 4. The topological polar surface area (TPSA) is 68.3 Å². The number of hydrogen-bond donors (Lipinski definition) is 0. The Kier molecular flexibility index (Phi) is 6.01. The summed E-state index contributed by atoms with van der Waals surface area (Å²) in [6.45, 7) is 4.37. The Labute approximate surface area is 159 Å². The Morgan fingerprint density at radius 1 is 1.30 bits per heavy atom. The lowest BCUT2D eigenvalue weighted by atomic mass is 10.1. The first kappa shape index (κ1) is 18.8. The Bertz CT molecular complexity index is 906. The van der Waals surface area contributed by atoms with Gasteiger partial charge in [-0.05, 0) is 30.9 Å². The van der Waals surface area contributed by atoms with E-state index >= 15 is 0 Å². The molecule has 0 unspecified atom stereocenters. The van der Waals surface area contributed by atoms with Crippen LogP contribution in [0.2, 0.25) is 0 Å². The minimum atomic E-state index is 0.0434. The van der Waals surface area contributed by atoms with E-state index in [9.17, 15) is 4.79 Å².